The van der Waals surface area contributed by atoms with Gasteiger partial charge in [-0.2, -0.15) is 0 Å². The maximum absolute atomic E-state index is 12.6. The number of hydrogen-bond acceptors (Lipinski definition) is 3. The first-order valence-corrected chi connectivity index (χ1v) is 10.1. The molecule has 0 atom stereocenters. The van der Waals surface area contributed by atoms with Crippen molar-refractivity contribution in [1.82, 2.24) is 5.32 Å². The zero-order chi connectivity index (χ0) is 19.7. The van der Waals surface area contributed by atoms with Gasteiger partial charge in [-0.25, -0.2) is 0 Å². The van der Waals surface area contributed by atoms with E-state index in [-0.39, 0.29) is 5.91 Å². The van der Waals surface area contributed by atoms with Gasteiger partial charge in [0.25, 0.3) is 5.91 Å². The van der Waals surface area contributed by atoms with Gasteiger partial charge in [0.2, 0.25) is 0 Å². The number of fused-ring (bicyclic) bond motifs is 2. The molecule has 0 saturated heterocycles. The lowest BCUT2D eigenvalue weighted by Crippen LogP contribution is -2.22. The summed E-state index contributed by atoms with van der Waals surface area (Å²) in [5, 5.41) is 2.99. The molecule has 1 N–H and O–H groups in total. The summed E-state index contributed by atoms with van der Waals surface area (Å²) in [5.41, 5.74) is 7.23. The molecule has 3 nitrogen and oxygen atoms in total. The van der Waals surface area contributed by atoms with Crippen LogP contribution in [0.5, 0.6) is 0 Å². The van der Waals surface area contributed by atoms with Crippen LogP contribution in [0.1, 0.15) is 39.5 Å². The molecule has 0 saturated carbocycles. The molecule has 140 valence electrons. The monoisotopic (exact) mass is 386 g/mol. The number of nitrogens with zero attached hydrogens (tertiary/aromatic N) is 1. The predicted octanol–water partition coefficient (Wildman–Crippen LogP) is 5.84. The van der Waals surface area contributed by atoms with Crippen LogP contribution in [0.25, 0.3) is 0 Å². The highest BCUT2D eigenvalue weighted by Crippen LogP contribution is 2.43. The van der Waals surface area contributed by atoms with Gasteiger partial charge in [0, 0.05) is 33.2 Å². The van der Waals surface area contributed by atoms with Crippen LogP contribution in [-0.4, -0.2) is 11.6 Å². The van der Waals surface area contributed by atoms with Crippen LogP contribution in [0.3, 0.4) is 0 Å². The minimum absolute atomic E-state index is 0.0846. The number of amides is 1. The van der Waals surface area contributed by atoms with Gasteiger partial charge in [0.05, 0.1) is 5.69 Å². The highest BCUT2D eigenvalue weighted by Gasteiger charge is 2.19. The van der Waals surface area contributed by atoms with Crippen LogP contribution in [-0.2, 0) is 6.54 Å². The lowest BCUT2D eigenvalue weighted by Gasteiger charge is -2.12. The van der Waals surface area contributed by atoms with E-state index in [1.54, 1.807) is 11.8 Å². The van der Waals surface area contributed by atoms with Crippen molar-refractivity contribution in [1.29, 1.82) is 0 Å². The third kappa shape index (κ3) is 3.60. The van der Waals surface area contributed by atoms with Crippen molar-refractivity contribution in [3.8, 4) is 0 Å². The Balaban J connectivity index is 1.63. The normalized spacial score (nSPS) is 12.5. The molecule has 1 amide bonds. The smallest absolute Gasteiger partial charge is 0.251 e. The second-order valence-electron chi connectivity index (χ2n) is 7.05. The molecule has 1 aliphatic rings. The number of aliphatic imine (C=N–C) groups is 1. The van der Waals surface area contributed by atoms with Crippen molar-refractivity contribution in [3.63, 3.8) is 0 Å². The molecular formula is C24H22N2OS. The summed E-state index contributed by atoms with van der Waals surface area (Å²) in [6, 6.07) is 20.0. The molecule has 0 aliphatic carbocycles. The molecular weight excluding hydrogens is 364 g/mol. The lowest BCUT2D eigenvalue weighted by molar-refractivity contribution is 0.0951. The maximum atomic E-state index is 12.6. The Hall–Kier alpha value is -2.85. The number of hydrogen-bond donors (Lipinski definition) is 1. The summed E-state index contributed by atoms with van der Waals surface area (Å²) in [5.74, 6) is -0.0846. The molecule has 0 radical (unpaired) electrons. The van der Waals surface area contributed by atoms with Crippen LogP contribution >= 0.6 is 11.8 Å². The number of carbonyl (C=O) groups is 1. The topological polar surface area (TPSA) is 41.5 Å². The van der Waals surface area contributed by atoms with E-state index in [0.717, 1.165) is 21.9 Å². The fourth-order valence-corrected chi connectivity index (χ4v) is 4.63. The van der Waals surface area contributed by atoms with Crippen LogP contribution in [0.2, 0.25) is 0 Å². The minimum atomic E-state index is -0.0846. The number of nitrogens with one attached hydrogen (secondary N) is 1. The number of benzene rings is 3. The van der Waals surface area contributed by atoms with E-state index in [0.29, 0.717) is 12.1 Å². The van der Waals surface area contributed by atoms with Crippen molar-refractivity contribution < 1.29 is 4.79 Å². The fourth-order valence-electron chi connectivity index (χ4n) is 3.43. The molecule has 0 fully saturated rings. The van der Waals surface area contributed by atoms with Gasteiger partial charge in [-0.05, 0) is 55.7 Å². The number of aryl methyl sites for hydroxylation is 2. The summed E-state index contributed by atoms with van der Waals surface area (Å²) in [7, 11) is 0. The zero-order valence-corrected chi connectivity index (χ0v) is 17.1. The molecule has 0 unspecified atom stereocenters. The predicted molar refractivity (Wildman–Crippen MR) is 116 cm³/mol. The average Bonchev–Trinajstić information content (AvgIpc) is 2.85. The minimum Gasteiger partial charge on any atom is -0.348 e. The Labute approximate surface area is 169 Å². The summed E-state index contributed by atoms with van der Waals surface area (Å²) >= 11 is 1.73. The number of rotatable bonds is 3. The molecule has 4 heteroatoms. The Morgan fingerprint density at radius 3 is 2.50 bits per heavy atom. The van der Waals surface area contributed by atoms with Gasteiger partial charge < -0.3 is 5.32 Å². The van der Waals surface area contributed by atoms with Gasteiger partial charge >= 0.3 is 0 Å². The maximum Gasteiger partial charge on any atom is 0.251 e. The quantitative estimate of drug-likeness (QED) is 0.614. The molecule has 3 aromatic carbocycles. The van der Waals surface area contributed by atoms with Gasteiger partial charge in [0.15, 0.2) is 0 Å². The first-order chi connectivity index (χ1) is 13.5. The van der Waals surface area contributed by atoms with E-state index in [4.69, 9.17) is 4.99 Å². The van der Waals surface area contributed by atoms with Crippen LogP contribution in [0.4, 0.5) is 5.69 Å². The zero-order valence-electron chi connectivity index (χ0n) is 16.2. The first kappa shape index (κ1) is 18.5. The molecule has 28 heavy (non-hydrogen) atoms. The Kier molecular flexibility index (Phi) is 5.05. The van der Waals surface area contributed by atoms with E-state index in [2.05, 4.69) is 31.3 Å². The van der Waals surface area contributed by atoms with Crippen LogP contribution < -0.4 is 5.32 Å². The van der Waals surface area contributed by atoms with Gasteiger partial charge in [-0.1, -0.05) is 54.2 Å². The Morgan fingerprint density at radius 2 is 1.71 bits per heavy atom. The molecule has 1 aliphatic heterocycles. The van der Waals surface area contributed by atoms with E-state index >= 15 is 0 Å². The fraction of sp³-hybridized carbons (Fsp3) is 0.167. The SMILES string of the molecule is CC1=Nc2cc(C(=O)NCc3ccccc3)ccc2Sc2c(C)ccc(C)c21. The van der Waals surface area contributed by atoms with Gasteiger partial charge in [-0.15, -0.1) is 0 Å². The molecule has 4 rings (SSSR count). The van der Waals surface area contributed by atoms with Crippen LogP contribution in [0.15, 0.2) is 75.4 Å². The molecule has 3 aromatic rings. The number of carbonyl (C=O) groups excluding carboxylic acids is 1. The van der Waals surface area contributed by atoms with Crippen molar-refractivity contribution in [3.05, 3.63) is 88.5 Å². The standard InChI is InChI=1S/C24H22N2OS/c1-15-9-10-16(2)23-22(15)17(3)26-20-13-19(11-12-21(20)28-23)24(27)25-14-18-7-5-4-6-8-18/h4-13H,14H2,1-3H3,(H,25,27). The second-order valence-corrected chi connectivity index (χ2v) is 8.11. The van der Waals surface area contributed by atoms with E-state index in [1.807, 2.05) is 55.5 Å². The summed E-state index contributed by atoms with van der Waals surface area (Å²) in [6.07, 6.45) is 0. The van der Waals surface area contributed by atoms with Crippen molar-refractivity contribution >= 4 is 29.1 Å². The van der Waals surface area contributed by atoms with E-state index < -0.39 is 0 Å². The van der Waals surface area contributed by atoms with Crippen molar-refractivity contribution in [2.45, 2.75) is 37.1 Å². The van der Waals surface area contributed by atoms with E-state index in [9.17, 15) is 4.79 Å². The highest BCUT2D eigenvalue weighted by atomic mass is 32.2. The first-order valence-electron chi connectivity index (χ1n) is 9.33. The summed E-state index contributed by atoms with van der Waals surface area (Å²) in [6.45, 7) is 6.81. The van der Waals surface area contributed by atoms with Crippen molar-refractivity contribution in [2.75, 3.05) is 0 Å². The summed E-state index contributed by atoms with van der Waals surface area (Å²) < 4.78 is 0. The Morgan fingerprint density at radius 1 is 0.964 bits per heavy atom. The Bertz CT molecular complexity index is 1090. The molecule has 0 spiro atoms. The van der Waals surface area contributed by atoms with Crippen LogP contribution in [0, 0.1) is 13.8 Å². The van der Waals surface area contributed by atoms with Gasteiger partial charge in [0.1, 0.15) is 0 Å². The third-order valence-electron chi connectivity index (χ3n) is 4.94. The molecule has 1 heterocycles. The second kappa shape index (κ2) is 7.64. The highest BCUT2D eigenvalue weighted by molar-refractivity contribution is 7.99. The van der Waals surface area contributed by atoms with E-state index in [1.165, 1.54) is 21.6 Å². The average molecular weight is 387 g/mol. The lowest BCUT2D eigenvalue weighted by atomic mass is 10.0. The molecule has 0 bridgehead atoms. The molecule has 0 aromatic heterocycles. The third-order valence-corrected chi connectivity index (χ3v) is 6.24. The van der Waals surface area contributed by atoms with Crippen molar-refractivity contribution in [2.24, 2.45) is 4.99 Å². The largest absolute Gasteiger partial charge is 0.348 e. The van der Waals surface area contributed by atoms with Gasteiger partial charge in [-0.3, -0.25) is 9.79 Å². The summed E-state index contributed by atoms with van der Waals surface area (Å²) in [4.78, 5) is 19.8.